The van der Waals surface area contributed by atoms with E-state index >= 15 is 0 Å². The molecular formula is C62H42N4. The third-order valence-electron chi connectivity index (χ3n) is 13.1. The van der Waals surface area contributed by atoms with Crippen molar-refractivity contribution in [2.75, 3.05) is 0 Å². The molecule has 12 aromatic rings. The molecule has 9 aromatic carbocycles. The minimum atomic E-state index is 0.581. The Kier molecular flexibility index (Phi) is 9.29. The number of hydrogen-bond acceptors (Lipinski definition) is 2. The van der Waals surface area contributed by atoms with E-state index in [2.05, 4.69) is 234 Å². The Hall–Kier alpha value is -8.78. The Bertz CT molecular complexity index is 3440. The van der Waals surface area contributed by atoms with Gasteiger partial charge in [-0.25, -0.2) is 0 Å². The van der Waals surface area contributed by atoms with E-state index in [0.717, 1.165) is 122 Å². The van der Waals surface area contributed by atoms with Crippen molar-refractivity contribution in [1.82, 2.24) is 14.1 Å². The summed E-state index contributed by atoms with van der Waals surface area (Å²) < 4.78 is 4.63. The molecule has 0 bridgehead atoms. The van der Waals surface area contributed by atoms with Crippen LogP contribution in [0.25, 0.3) is 111 Å². The fourth-order valence-electron chi connectivity index (χ4n) is 10.1. The summed E-state index contributed by atoms with van der Waals surface area (Å²) in [5, 5.41) is 16.2. The maximum absolute atomic E-state index is 11.7. The molecule has 4 heteroatoms. The van der Waals surface area contributed by atoms with Crippen molar-refractivity contribution in [2.45, 2.75) is 13.8 Å². The Balaban J connectivity index is 1.19. The number of fused-ring (bicyclic) bond motifs is 6. The van der Waals surface area contributed by atoms with Crippen molar-refractivity contribution in [3.63, 3.8) is 0 Å². The van der Waals surface area contributed by atoms with Crippen molar-refractivity contribution >= 4 is 43.6 Å². The Morgan fingerprint density at radius 1 is 0.318 bits per heavy atom. The van der Waals surface area contributed by atoms with Crippen molar-refractivity contribution < 1.29 is 0 Å². The lowest BCUT2D eigenvalue weighted by molar-refractivity contribution is 1.11. The van der Waals surface area contributed by atoms with Crippen LogP contribution < -0.4 is 0 Å². The number of rotatable bonds is 7. The van der Waals surface area contributed by atoms with E-state index in [1.807, 2.05) is 13.8 Å². The van der Waals surface area contributed by atoms with Crippen molar-refractivity contribution in [1.29, 1.82) is 5.26 Å². The third-order valence-corrected chi connectivity index (χ3v) is 13.1. The van der Waals surface area contributed by atoms with Crippen molar-refractivity contribution in [3.05, 3.63) is 235 Å². The highest BCUT2D eigenvalue weighted by Crippen LogP contribution is 2.43. The average Bonchev–Trinajstić information content (AvgIpc) is 3.87. The van der Waals surface area contributed by atoms with Gasteiger partial charge in [0.1, 0.15) is 11.6 Å². The summed E-state index contributed by atoms with van der Waals surface area (Å²) in [4.78, 5) is 4.77. The maximum atomic E-state index is 11.7. The molecule has 0 amide bonds. The van der Waals surface area contributed by atoms with E-state index in [9.17, 15) is 5.26 Å². The molecular weight excluding hydrogens is 801 g/mol. The summed E-state index contributed by atoms with van der Waals surface area (Å²) in [7, 11) is 0. The van der Waals surface area contributed by atoms with Crippen molar-refractivity contribution in [3.8, 4) is 73.1 Å². The van der Waals surface area contributed by atoms with Crippen LogP contribution in [0.1, 0.15) is 17.0 Å². The lowest BCUT2D eigenvalue weighted by Crippen LogP contribution is -2.05. The molecule has 66 heavy (non-hydrogen) atoms. The molecule has 0 saturated carbocycles. The quantitative estimate of drug-likeness (QED) is 0.160. The predicted molar refractivity (Wildman–Crippen MR) is 274 cm³/mol. The van der Waals surface area contributed by atoms with Gasteiger partial charge in [-0.2, -0.15) is 5.26 Å². The van der Waals surface area contributed by atoms with Crippen LogP contribution in [0.2, 0.25) is 0 Å². The van der Waals surface area contributed by atoms with E-state index in [4.69, 9.17) is 4.98 Å². The van der Waals surface area contributed by atoms with Gasteiger partial charge < -0.3 is 9.13 Å². The molecule has 0 fully saturated rings. The minimum absolute atomic E-state index is 0.581. The Labute approximate surface area is 383 Å². The summed E-state index contributed by atoms with van der Waals surface area (Å²) >= 11 is 0. The molecule has 0 saturated heterocycles. The number of aryl methyl sites for hydroxylation is 2. The van der Waals surface area contributed by atoms with Crippen LogP contribution in [0.15, 0.2) is 218 Å². The smallest absolute Gasteiger partial charge is 0.104 e. The van der Waals surface area contributed by atoms with E-state index in [-0.39, 0.29) is 0 Å². The van der Waals surface area contributed by atoms with Gasteiger partial charge in [0, 0.05) is 32.9 Å². The van der Waals surface area contributed by atoms with Crippen LogP contribution in [0.5, 0.6) is 0 Å². The Morgan fingerprint density at radius 2 is 0.606 bits per heavy atom. The van der Waals surface area contributed by atoms with Crippen LogP contribution >= 0.6 is 0 Å². The fraction of sp³-hybridized carbons (Fsp3) is 0.0323. The lowest BCUT2D eigenvalue weighted by Gasteiger charge is -2.19. The van der Waals surface area contributed by atoms with Gasteiger partial charge in [-0.3, -0.25) is 4.98 Å². The maximum Gasteiger partial charge on any atom is 0.104 e. The summed E-state index contributed by atoms with van der Waals surface area (Å²) in [6, 6.07) is 80.7. The van der Waals surface area contributed by atoms with E-state index < -0.39 is 0 Å². The van der Waals surface area contributed by atoms with Gasteiger partial charge in [-0.1, -0.05) is 146 Å². The molecule has 3 heterocycles. The first-order chi connectivity index (χ1) is 32.5. The molecule has 12 rings (SSSR count). The normalized spacial score (nSPS) is 11.5. The number of pyridine rings is 1. The first-order valence-corrected chi connectivity index (χ1v) is 22.4. The minimum Gasteiger partial charge on any atom is -0.308 e. The zero-order chi connectivity index (χ0) is 44.3. The highest BCUT2D eigenvalue weighted by molar-refractivity contribution is 6.14. The molecule has 0 radical (unpaired) electrons. The largest absolute Gasteiger partial charge is 0.308 e. The van der Waals surface area contributed by atoms with Crippen LogP contribution in [-0.2, 0) is 0 Å². The number of nitrogens with zero attached hydrogens (tertiary/aromatic N) is 4. The molecule has 0 atom stereocenters. The number of hydrogen-bond donors (Lipinski definition) is 0. The SMILES string of the molecule is Cc1cc(-c2cc(-n3c4ccc(-c5ccccc5)cc4c4cc(-c5ccccc5)ccc43)c(C#N)c(-n3c4ccc(-c5ccccc5)cc4c4cc(-c5ccccc5)ccc43)c2)cc(C)n1. The highest BCUT2D eigenvalue weighted by atomic mass is 15.0. The zero-order valence-corrected chi connectivity index (χ0v) is 36.6. The van der Waals surface area contributed by atoms with Gasteiger partial charge in [0.25, 0.3) is 0 Å². The topological polar surface area (TPSA) is 46.5 Å². The number of aromatic nitrogens is 3. The molecule has 0 unspecified atom stereocenters. The van der Waals surface area contributed by atoms with E-state index in [0.29, 0.717) is 5.56 Å². The molecule has 0 aliphatic heterocycles. The summed E-state index contributed by atoms with van der Waals surface area (Å²) in [5.41, 5.74) is 19.4. The molecule has 0 N–H and O–H groups in total. The first-order valence-electron chi connectivity index (χ1n) is 22.4. The van der Waals surface area contributed by atoms with Crippen LogP contribution in [0, 0.1) is 25.2 Å². The summed E-state index contributed by atoms with van der Waals surface area (Å²) in [6.07, 6.45) is 0. The average molecular weight is 843 g/mol. The van der Waals surface area contributed by atoms with Gasteiger partial charge in [0.2, 0.25) is 0 Å². The van der Waals surface area contributed by atoms with Gasteiger partial charge in [-0.15, -0.1) is 0 Å². The van der Waals surface area contributed by atoms with Crippen molar-refractivity contribution in [2.24, 2.45) is 0 Å². The molecule has 3 aromatic heterocycles. The molecule has 0 spiro atoms. The van der Waals surface area contributed by atoms with Gasteiger partial charge >= 0.3 is 0 Å². The molecule has 4 nitrogen and oxygen atoms in total. The second-order valence-electron chi connectivity index (χ2n) is 17.2. The predicted octanol–water partition coefficient (Wildman–Crippen LogP) is 16.1. The molecule has 310 valence electrons. The van der Waals surface area contributed by atoms with Gasteiger partial charge in [0.15, 0.2) is 0 Å². The van der Waals surface area contributed by atoms with Crippen LogP contribution in [-0.4, -0.2) is 14.1 Å². The zero-order valence-electron chi connectivity index (χ0n) is 36.6. The van der Waals surface area contributed by atoms with E-state index in [1.165, 1.54) is 0 Å². The summed E-state index contributed by atoms with van der Waals surface area (Å²) in [5.74, 6) is 0. The molecule has 0 aliphatic rings. The number of nitriles is 1. The monoisotopic (exact) mass is 842 g/mol. The first kappa shape index (κ1) is 38.9. The molecule has 0 aliphatic carbocycles. The Morgan fingerprint density at radius 3 is 0.894 bits per heavy atom. The second kappa shape index (κ2) is 15.8. The second-order valence-corrected chi connectivity index (χ2v) is 17.2. The lowest BCUT2D eigenvalue weighted by atomic mass is 9.99. The highest BCUT2D eigenvalue weighted by Gasteiger charge is 2.24. The standard InChI is InChI=1S/C62H42N4/c1-40-31-50(32-41(2)64-40)51-37-61(65-57-27-23-46(42-15-7-3-8-16-42)33-52(57)53-34-47(24-28-58(53)65)43-17-9-4-10-18-43)56(39-63)62(38-51)66-59-29-25-48(44-19-11-5-12-20-44)35-54(59)55-36-49(26-30-60(55)66)45-21-13-6-14-22-45/h3-38H,1-2H3. The van der Waals surface area contributed by atoms with E-state index in [1.54, 1.807) is 0 Å². The van der Waals surface area contributed by atoms with Gasteiger partial charge in [0.05, 0.1) is 33.4 Å². The van der Waals surface area contributed by atoms with Gasteiger partial charge in [-0.05, 0) is 142 Å². The fourth-order valence-corrected chi connectivity index (χ4v) is 10.1. The summed E-state index contributed by atoms with van der Waals surface area (Å²) in [6.45, 7) is 4.09. The third kappa shape index (κ3) is 6.57. The van der Waals surface area contributed by atoms with Crippen LogP contribution in [0.4, 0.5) is 0 Å². The number of benzene rings is 9. The van der Waals surface area contributed by atoms with Crippen LogP contribution in [0.3, 0.4) is 0 Å².